The molecule has 0 N–H and O–H groups in total. The van der Waals surface area contributed by atoms with Crippen molar-refractivity contribution in [1.82, 2.24) is 0 Å². The van der Waals surface area contributed by atoms with Crippen molar-refractivity contribution in [1.29, 1.82) is 0 Å². The zero-order valence-corrected chi connectivity index (χ0v) is 11.8. The monoisotopic (exact) mass is 204 g/mol. The molecule has 0 aliphatic rings. The van der Waals surface area contributed by atoms with Gasteiger partial charge in [-0.1, -0.05) is 0 Å². The standard InChI is InChI=1S/C7H17OSi.ClH.Mg/c1-6(2)9-8-7(3,4)5;;/h9H2,1-5H3;1H;/q-1;;+2/p-1. The summed E-state index contributed by atoms with van der Waals surface area (Å²) in [5.41, 5.74) is 1.54. The van der Waals surface area contributed by atoms with Crippen molar-refractivity contribution >= 4 is 32.8 Å². The van der Waals surface area contributed by atoms with Gasteiger partial charge in [0.2, 0.25) is 0 Å². The summed E-state index contributed by atoms with van der Waals surface area (Å²) >= 11 is 0. The third-order valence-corrected chi connectivity index (χ3v) is 2.38. The average molecular weight is 205 g/mol. The first-order chi connectivity index (χ1) is 3.92. The van der Waals surface area contributed by atoms with Gasteiger partial charge in [0.05, 0.1) is 0 Å². The minimum atomic E-state index is -0.341. The van der Waals surface area contributed by atoms with E-state index in [1.54, 1.807) is 0 Å². The maximum Gasteiger partial charge on any atom is 2.00 e. The molecular weight excluding hydrogens is 188 g/mol. The van der Waals surface area contributed by atoms with Crippen LogP contribution in [0, 0.1) is 5.54 Å². The number of hydrogen-bond donors (Lipinski definition) is 0. The Morgan fingerprint density at radius 2 is 1.55 bits per heavy atom. The molecule has 0 radical (unpaired) electrons. The molecule has 0 saturated carbocycles. The molecule has 0 bridgehead atoms. The summed E-state index contributed by atoms with van der Waals surface area (Å²) in [4.78, 5) is 0. The van der Waals surface area contributed by atoms with Gasteiger partial charge < -0.3 is 16.8 Å². The van der Waals surface area contributed by atoms with Gasteiger partial charge in [0, 0.05) is 15.4 Å². The molecule has 0 unspecified atom stereocenters. The minimum absolute atomic E-state index is 0. The van der Waals surface area contributed by atoms with E-state index in [1.807, 2.05) is 0 Å². The summed E-state index contributed by atoms with van der Waals surface area (Å²) in [6.45, 7) is 10.6. The Labute approximate surface area is 95.2 Å². The van der Waals surface area contributed by atoms with Crippen LogP contribution < -0.4 is 12.4 Å². The second-order valence-electron chi connectivity index (χ2n) is 3.61. The van der Waals surface area contributed by atoms with E-state index in [0.717, 1.165) is 0 Å². The molecule has 0 heterocycles. The molecule has 64 valence electrons. The first-order valence-electron chi connectivity index (χ1n) is 3.35. The van der Waals surface area contributed by atoms with E-state index in [-0.39, 0.29) is 50.8 Å². The summed E-state index contributed by atoms with van der Waals surface area (Å²) in [6, 6.07) is 0. The summed E-state index contributed by atoms with van der Waals surface area (Å²) in [6.07, 6.45) is 0. The third-order valence-electron chi connectivity index (χ3n) is 0.794. The van der Waals surface area contributed by atoms with Crippen LogP contribution in [0.1, 0.15) is 34.6 Å². The number of hydrogen-bond acceptors (Lipinski definition) is 1. The van der Waals surface area contributed by atoms with Gasteiger partial charge in [-0.3, -0.25) is 5.54 Å². The van der Waals surface area contributed by atoms with Gasteiger partial charge in [-0.25, -0.2) is 0 Å². The van der Waals surface area contributed by atoms with E-state index in [9.17, 15) is 0 Å². The summed E-state index contributed by atoms with van der Waals surface area (Å²) in [5, 5.41) is 0. The molecule has 0 atom stereocenters. The second kappa shape index (κ2) is 7.86. The van der Waals surface area contributed by atoms with Crippen molar-refractivity contribution in [3.05, 3.63) is 5.54 Å². The molecule has 0 fully saturated rings. The first kappa shape index (κ1) is 18.1. The Balaban J connectivity index is -0.000000320. The maximum absolute atomic E-state index is 5.59. The molecule has 0 aromatic carbocycles. The smallest absolute Gasteiger partial charge is 1.00 e. The van der Waals surface area contributed by atoms with Crippen LogP contribution in [0.4, 0.5) is 0 Å². The van der Waals surface area contributed by atoms with Crippen molar-refractivity contribution in [2.24, 2.45) is 0 Å². The normalized spacial score (nSPS) is 11.5. The first-order valence-corrected chi connectivity index (χ1v) is 4.63. The summed E-state index contributed by atoms with van der Waals surface area (Å²) in [5.74, 6) is 0. The molecule has 4 heteroatoms. The minimum Gasteiger partial charge on any atom is -1.00 e. The Morgan fingerprint density at radius 1 is 1.18 bits per heavy atom. The SMILES string of the molecule is C[C-](C)[SiH2]OC(C)(C)C.[Cl-].[Mg+2]. The van der Waals surface area contributed by atoms with Gasteiger partial charge in [-0.15, -0.1) is 0 Å². The van der Waals surface area contributed by atoms with E-state index >= 15 is 0 Å². The molecule has 0 aliphatic carbocycles. The van der Waals surface area contributed by atoms with Gasteiger partial charge >= 0.3 is 23.1 Å². The Bertz CT molecular complexity index is 83.0. The second-order valence-corrected chi connectivity index (χ2v) is 5.60. The Morgan fingerprint density at radius 3 is 1.64 bits per heavy atom. The van der Waals surface area contributed by atoms with E-state index in [1.165, 1.54) is 5.54 Å². The molecule has 0 saturated heterocycles. The molecule has 0 aliphatic heterocycles. The van der Waals surface area contributed by atoms with Crippen molar-refractivity contribution in [3.63, 3.8) is 0 Å². The Hall–Kier alpha value is 1.23. The van der Waals surface area contributed by atoms with Gasteiger partial charge in [-0.05, 0) is 20.8 Å². The quantitative estimate of drug-likeness (QED) is 0.377. The van der Waals surface area contributed by atoms with Crippen LogP contribution >= 0.6 is 0 Å². The Kier molecular flexibility index (Phi) is 12.9. The van der Waals surface area contributed by atoms with Crippen LogP contribution in [0.15, 0.2) is 0 Å². The van der Waals surface area contributed by atoms with E-state index < -0.39 is 0 Å². The van der Waals surface area contributed by atoms with E-state index in [0.29, 0.717) is 0 Å². The third kappa shape index (κ3) is 18.3. The van der Waals surface area contributed by atoms with Crippen LogP contribution in [-0.4, -0.2) is 38.4 Å². The zero-order chi connectivity index (χ0) is 7.49. The van der Waals surface area contributed by atoms with Gasteiger partial charge in [-0.2, -0.15) is 13.8 Å². The molecule has 0 aromatic rings. The number of halogens is 1. The summed E-state index contributed by atoms with van der Waals surface area (Å²) < 4.78 is 5.59. The van der Waals surface area contributed by atoms with Gasteiger partial charge in [0.1, 0.15) is 0 Å². The van der Waals surface area contributed by atoms with Crippen molar-refractivity contribution in [2.45, 2.75) is 40.2 Å². The van der Waals surface area contributed by atoms with Crippen LogP contribution in [0.5, 0.6) is 0 Å². The van der Waals surface area contributed by atoms with E-state index in [4.69, 9.17) is 4.43 Å². The van der Waals surface area contributed by atoms with Gasteiger partial charge in [0.15, 0.2) is 0 Å². The summed E-state index contributed by atoms with van der Waals surface area (Å²) in [7, 11) is -0.341. The molecule has 0 amide bonds. The van der Waals surface area contributed by atoms with Crippen LogP contribution in [0.3, 0.4) is 0 Å². The van der Waals surface area contributed by atoms with Gasteiger partial charge in [0.25, 0.3) is 0 Å². The largest absolute Gasteiger partial charge is 2.00 e. The van der Waals surface area contributed by atoms with Crippen LogP contribution in [0.2, 0.25) is 0 Å². The van der Waals surface area contributed by atoms with Crippen molar-refractivity contribution in [3.8, 4) is 0 Å². The molecule has 0 spiro atoms. The topological polar surface area (TPSA) is 9.23 Å². The van der Waals surface area contributed by atoms with Crippen LogP contribution in [0.25, 0.3) is 0 Å². The maximum atomic E-state index is 5.59. The molecule has 1 nitrogen and oxygen atoms in total. The fourth-order valence-electron chi connectivity index (χ4n) is 0.361. The molecule has 11 heavy (non-hydrogen) atoms. The van der Waals surface area contributed by atoms with Crippen molar-refractivity contribution in [2.75, 3.05) is 0 Å². The predicted molar refractivity (Wildman–Crippen MR) is 49.7 cm³/mol. The number of rotatable bonds is 2. The molecular formula is C7H17ClMgOSi. The van der Waals surface area contributed by atoms with Crippen molar-refractivity contribution < 1.29 is 16.8 Å². The molecule has 0 aromatic heterocycles. The van der Waals surface area contributed by atoms with E-state index in [2.05, 4.69) is 34.6 Å². The van der Waals surface area contributed by atoms with Crippen LogP contribution in [-0.2, 0) is 4.43 Å². The predicted octanol–water partition coefficient (Wildman–Crippen LogP) is -1.92. The fourth-order valence-corrected chi connectivity index (χ4v) is 1.08. The fraction of sp³-hybridized carbons (Fsp3) is 0.857. The zero-order valence-electron chi connectivity index (χ0n) is 8.20. The molecule has 0 rings (SSSR count). The average Bonchev–Trinajstić information content (AvgIpc) is 1.59.